The molecule has 0 aliphatic rings. The van der Waals surface area contributed by atoms with Crippen molar-refractivity contribution in [1.29, 1.82) is 0 Å². The van der Waals surface area contributed by atoms with E-state index in [1.807, 2.05) is 24.3 Å². The summed E-state index contributed by atoms with van der Waals surface area (Å²) in [7, 11) is 1.63. The molecule has 0 heterocycles. The number of hydrogen-bond acceptors (Lipinski definition) is 3. The Morgan fingerprint density at radius 1 is 1.36 bits per heavy atom. The highest BCUT2D eigenvalue weighted by Crippen LogP contribution is 2.17. The smallest absolute Gasteiger partial charge is 0.118 e. The molecule has 0 bridgehead atoms. The van der Waals surface area contributed by atoms with Crippen LogP contribution in [0, 0.1) is 0 Å². The maximum atomic E-state index is 8.69. The lowest BCUT2D eigenvalue weighted by Gasteiger charge is -2.10. The van der Waals surface area contributed by atoms with Crippen LogP contribution in [-0.4, -0.2) is 18.8 Å². The number of benzene rings is 1. The second kappa shape index (κ2) is 6.65. The van der Waals surface area contributed by atoms with Crippen LogP contribution in [0.5, 0.6) is 5.75 Å². The Labute approximate surface area is 90.3 Å². The van der Waals surface area contributed by atoms with Gasteiger partial charge in [-0.15, -0.1) is 12.4 Å². The van der Waals surface area contributed by atoms with Gasteiger partial charge in [0.25, 0.3) is 0 Å². The largest absolute Gasteiger partial charge is 0.497 e. The fourth-order valence-corrected chi connectivity index (χ4v) is 1.16. The van der Waals surface area contributed by atoms with Crippen molar-refractivity contribution in [3.8, 4) is 5.75 Å². The number of methoxy groups -OCH3 is 1. The lowest BCUT2D eigenvalue weighted by atomic mass is 10.1. The van der Waals surface area contributed by atoms with E-state index in [1.165, 1.54) is 0 Å². The van der Waals surface area contributed by atoms with Crippen LogP contribution >= 0.6 is 12.4 Å². The quantitative estimate of drug-likeness (QED) is 0.804. The molecule has 1 unspecified atom stereocenters. The highest BCUT2D eigenvalue weighted by molar-refractivity contribution is 5.85. The van der Waals surface area contributed by atoms with E-state index in [1.54, 1.807) is 7.11 Å². The van der Waals surface area contributed by atoms with E-state index in [2.05, 4.69) is 0 Å². The van der Waals surface area contributed by atoms with Gasteiger partial charge in [-0.2, -0.15) is 0 Å². The van der Waals surface area contributed by atoms with E-state index in [4.69, 9.17) is 15.6 Å². The van der Waals surface area contributed by atoms with Crippen LogP contribution in [-0.2, 0) is 0 Å². The Bertz CT molecular complexity index is 251. The van der Waals surface area contributed by atoms with Crippen LogP contribution in [0.3, 0.4) is 0 Å². The summed E-state index contributed by atoms with van der Waals surface area (Å²) < 4.78 is 5.02. The lowest BCUT2D eigenvalue weighted by molar-refractivity contribution is 0.276. The fourth-order valence-electron chi connectivity index (χ4n) is 1.16. The van der Waals surface area contributed by atoms with Crippen molar-refractivity contribution < 1.29 is 9.84 Å². The number of hydrogen-bond donors (Lipinski definition) is 2. The number of rotatable bonds is 4. The molecule has 0 saturated carbocycles. The van der Waals surface area contributed by atoms with Crippen molar-refractivity contribution >= 4 is 12.4 Å². The normalized spacial score (nSPS) is 11.6. The van der Waals surface area contributed by atoms with Crippen molar-refractivity contribution in [2.75, 3.05) is 13.7 Å². The summed E-state index contributed by atoms with van der Waals surface area (Å²) >= 11 is 0. The van der Waals surface area contributed by atoms with Gasteiger partial charge in [0.05, 0.1) is 7.11 Å². The van der Waals surface area contributed by atoms with E-state index in [0.717, 1.165) is 11.3 Å². The summed E-state index contributed by atoms with van der Waals surface area (Å²) in [6.45, 7) is 0.118. The molecule has 1 rings (SSSR count). The topological polar surface area (TPSA) is 55.5 Å². The molecule has 1 aromatic carbocycles. The van der Waals surface area contributed by atoms with Crippen LogP contribution in [0.15, 0.2) is 24.3 Å². The van der Waals surface area contributed by atoms with Gasteiger partial charge in [-0.25, -0.2) is 0 Å². The summed E-state index contributed by atoms with van der Waals surface area (Å²) in [4.78, 5) is 0. The molecule has 0 aromatic heterocycles. The first-order chi connectivity index (χ1) is 6.27. The van der Waals surface area contributed by atoms with Gasteiger partial charge in [0.2, 0.25) is 0 Å². The Morgan fingerprint density at radius 3 is 2.36 bits per heavy atom. The number of aliphatic hydroxyl groups excluding tert-OH is 1. The third kappa shape index (κ3) is 3.54. The molecule has 0 aliphatic heterocycles. The summed E-state index contributed by atoms with van der Waals surface area (Å²) in [5.74, 6) is 0.819. The molecule has 0 fully saturated rings. The molecule has 0 radical (unpaired) electrons. The van der Waals surface area contributed by atoms with E-state index < -0.39 is 0 Å². The van der Waals surface area contributed by atoms with Gasteiger partial charge < -0.3 is 15.6 Å². The van der Waals surface area contributed by atoms with Crippen LogP contribution in [0.2, 0.25) is 0 Å². The van der Waals surface area contributed by atoms with Crippen LogP contribution in [0.1, 0.15) is 18.0 Å². The zero-order valence-electron chi connectivity index (χ0n) is 8.14. The second-order valence-electron chi connectivity index (χ2n) is 2.89. The third-order valence-electron chi connectivity index (χ3n) is 1.98. The van der Waals surface area contributed by atoms with Crippen molar-refractivity contribution in [1.82, 2.24) is 0 Å². The summed E-state index contributed by atoms with van der Waals surface area (Å²) in [5, 5.41) is 8.69. The van der Waals surface area contributed by atoms with Gasteiger partial charge in [-0.1, -0.05) is 12.1 Å². The molecule has 3 nitrogen and oxygen atoms in total. The maximum absolute atomic E-state index is 8.69. The average molecular weight is 218 g/mol. The standard InChI is InChI=1S/C10H15NO2.ClH/c1-13-9-4-2-8(3-5-9)10(11)6-7-12;/h2-5,10,12H,6-7,11H2,1H3;1H. The molecule has 0 saturated heterocycles. The molecular weight excluding hydrogens is 202 g/mol. The molecule has 0 aliphatic carbocycles. The molecule has 0 amide bonds. The molecular formula is C10H16ClNO2. The van der Waals surface area contributed by atoms with Crippen LogP contribution < -0.4 is 10.5 Å². The zero-order valence-corrected chi connectivity index (χ0v) is 8.96. The first kappa shape index (κ1) is 13.2. The number of ether oxygens (including phenoxy) is 1. The third-order valence-corrected chi connectivity index (χ3v) is 1.98. The van der Waals surface area contributed by atoms with Crippen molar-refractivity contribution in [3.05, 3.63) is 29.8 Å². The molecule has 1 atom stereocenters. The lowest BCUT2D eigenvalue weighted by Crippen LogP contribution is -2.11. The minimum absolute atomic E-state index is 0. The molecule has 1 aromatic rings. The summed E-state index contributed by atoms with van der Waals surface area (Å²) in [6, 6.07) is 7.48. The number of halogens is 1. The SMILES string of the molecule is COc1ccc(C(N)CCO)cc1.Cl. The predicted octanol–water partition coefficient (Wildman–Crippen LogP) is 1.50. The maximum Gasteiger partial charge on any atom is 0.118 e. The Hall–Kier alpha value is -0.770. The van der Waals surface area contributed by atoms with Crippen molar-refractivity contribution in [2.24, 2.45) is 5.73 Å². The molecule has 80 valence electrons. The summed E-state index contributed by atoms with van der Waals surface area (Å²) in [6.07, 6.45) is 0.590. The Kier molecular flexibility index (Phi) is 6.28. The van der Waals surface area contributed by atoms with E-state index >= 15 is 0 Å². The number of aliphatic hydroxyl groups is 1. The second-order valence-corrected chi connectivity index (χ2v) is 2.89. The van der Waals surface area contributed by atoms with Crippen LogP contribution in [0.25, 0.3) is 0 Å². The Morgan fingerprint density at radius 2 is 1.93 bits per heavy atom. The molecule has 3 N–H and O–H groups in total. The molecule has 4 heteroatoms. The van der Waals surface area contributed by atoms with Gasteiger partial charge in [-0.05, 0) is 24.1 Å². The van der Waals surface area contributed by atoms with E-state index in [9.17, 15) is 0 Å². The van der Waals surface area contributed by atoms with Crippen molar-refractivity contribution in [3.63, 3.8) is 0 Å². The fraction of sp³-hybridized carbons (Fsp3) is 0.400. The first-order valence-corrected chi connectivity index (χ1v) is 4.28. The van der Waals surface area contributed by atoms with Gasteiger partial charge in [0.1, 0.15) is 5.75 Å². The predicted molar refractivity (Wildman–Crippen MR) is 58.9 cm³/mol. The summed E-state index contributed by atoms with van der Waals surface area (Å²) in [5.41, 5.74) is 6.82. The van der Waals surface area contributed by atoms with Gasteiger partial charge >= 0.3 is 0 Å². The van der Waals surface area contributed by atoms with E-state index in [-0.39, 0.29) is 25.1 Å². The van der Waals surface area contributed by atoms with Gasteiger partial charge in [0.15, 0.2) is 0 Å². The van der Waals surface area contributed by atoms with Gasteiger partial charge in [0, 0.05) is 12.6 Å². The van der Waals surface area contributed by atoms with Gasteiger partial charge in [-0.3, -0.25) is 0 Å². The highest BCUT2D eigenvalue weighted by Gasteiger charge is 2.04. The zero-order chi connectivity index (χ0) is 9.68. The van der Waals surface area contributed by atoms with E-state index in [0.29, 0.717) is 6.42 Å². The number of nitrogens with two attached hydrogens (primary N) is 1. The molecule has 0 spiro atoms. The minimum atomic E-state index is -0.0871. The van der Waals surface area contributed by atoms with Crippen molar-refractivity contribution in [2.45, 2.75) is 12.5 Å². The Balaban J connectivity index is 0.00000169. The highest BCUT2D eigenvalue weighted by atomic mass is 35.5. The van der Waals surface area contributed by atoms with Crippen LogP contribution in [0.4, 0.5) is 0 Å². The molecule has 14 heavy (non-hydrogen) atoms. The first-order valence-electron chi connectivity index (χ1n) is 4.28. The minimum Gasteiger partial charge on any atom is -0.497 e. The average Bonchev–Trinajstić information content (AvgIpc) is 2.18. The monoisotopic (exact) mass is 217 g/mol.